The second-order valence-corrected chi connectivity index (χ2v) is 8.75. The van der Waals surface area contributed by atoms with Gasteiger partial charge < -0.3 is 14.8 Å². The van der Waals surface area contributed by atoms with Crippen LogP contribution in [0, 0.1) is 0 Å². The Kier molecular flexibility index (Phi) is 12.8. The first-order valence-corrected chi connectivity index (χ1v) is 12.3. The van der Waals surface area contributed by atoms with Gasteiger partial charge in [0.1, 0.15) is 5.75 Å². The van der Waals surface area contributed by atoms with E-state index in [0.717, 1.165) is 23.1 Å². The number of aromatic carboxylic acids is 1. The molecule has 0 radical (unpaired) electrons. The van der Waals surface area contributed by atoms with Gasteiger partial charge >= 0.3 is 5.97 Å². The van der Waals surface area contributed by atoms with Gasteiger partial charge in [-0.1, -0.05) is 76.0 Å². The van der Waals surface area contributed by atoms with Gasteiger partial charge in [-0.25, -0.2) is 9.78 Å². The maximum Gasteiger partial charge on any atom is 0.335 e. The Morgan fingerprint density at radius 3 is 1.97 bits per heavy atom. The predicted octanol–water partition coefficient (Wildman–Crippen LogP) is 6.96. The van der Waals surface area contributed by atoms with E-state index in [1.54, 1.807) is 24.3 Å². The van der Waals surface area contributed by atoms with E-state index in [0.29, 0.717) is 12.2 Å². The molecule has 0 spiro atoms. The number of ether oxygens (including phenoxy) is 1. The molecule has 0 aliphatic carbocycles. The van der Waals surface area contributed by atoms with Gasteiger partial charge in [0.15, 0.2) is 5.16 Å². The number of carboxylic acid groups (broad SMARTS) is 1. The minimum atomic E-state index is -0.905. The number of carbonyl (C=O) groups is 1. The van der Waals surface area contributed by atoms with Crippen LogP contribution in [0.3, 0.4) is 0 Å². The first-order chi connectivity index (χ1) is 14.8. The van der Waals surface area contributed by atoms with Crippen molar-refractivity contribution in [3.05, 3.63) is 42.2 Å². The van der Waals surface area contributed by atoms with Crippen LogP contribution in [-0.2, 0) is 0 Å². The molecule has 1 heterocycles. The lowest BCUT2D eigenvalue weighted by Gasteiger charge is -2.06. The lowest BCUT2D eigenvalue weighted by atomic mass is 10.1. The number of unbranched alkanes of at least 4 members (excludes halogenated alkanes) is 11. The third kappa shape index (κ3) is 11.3. The van der Waals surface area contributed by atoms with Crippen LogP contribution in [0.4, 0.5) is 0 Å². The molecule has 0 fully saturated rings. The fraction of sp³-hybridized carbons (Fsp3) is 0.583. The smallest absolute Gasteiger partial charge is 0.335 e. The van der Waals surface area contributed by atoms with Crippen LogP contribution in [0.2, 0.25) is 0 Å². The Morgan fingerprint density at radius 1 is 0.867 bits per heavy atom. The Hall–Kier alpha value is -1.95. The molecule has 5 nitrogen and oxygen atoms in total. The quantitative estimate of drug-likeness (QED) is 0.197. The molecule has 1 aromatic carbocycles. The number of aromatic amines is 1. The van der Waals surface area contributed by atoms with Gasteiger partial charge in [-0.05, 0) is 37.1 Å². The van der Waals surface area contributed by atoms with E-state index in [1.165, 1.54) is 70.6 Å². The maximum atomic E-state index is 10.8. The van der Waals surface area contributed by atoms with Crippen LogP contribution >= 0.6 is 11.8 Å². The summed E-state index contributed by atoms with van der Waals surface area (Å²) in [5.74, 6) is 1.00. The van der Waals surface area contributed by atoms with Crippen molar-refractivity contribution in [2.24, 2.45) is 0 Å². The van der Waals surface area contributed by atoms with Crippen molar-refractivity contribution >= 4 is 17.7 Å². The normalized spacial score (nSPS) is 10.9. The summed E-state index contributed by atoms with van der Waals surface area (Å²) in [5, 5.41) is 9.91. The fourth-order valence-corrected chi connectivity index (χ4v) is 4.18. The fourth-order valence-electron chi connectivity index (χ4n) is 3.35. The lowest BCUT2D eigenvalue weighted by Crippen LogP contribution is -1.99. The van der Waals surface area contributed by atoms with E-state index in [9.17, 15) is 4.79 Å². The number of thioether (sulfide) groups is 1. The Balaban J connectivity index is 1.28. The van der Waals surface area contributed by atoms with Gasteiger partial charge in [-0.3, -0.25) is 0 Å². The molecular weight excluding hydrogens is 396 g/mol. The molecule has 0 atom stereocenters. The summed E-state index contributed by atoms with van der Waals surface area (Å²) in [4.78, 5) is 18.2. The molecule has 2 rings (SSSR count). The second-order valence-electron chi connectivity index (χ2n) is 7.66. The first-order valence-electron chi connectivity index (χ1n) is 11.3. The summed E-state index contributed by atoms with van der Waals surface area (Å²) in [6, 6.07) is 6.62. The van der Waals surface area contributed by atoms with Gasteiger partial charge in [-0.2, -0.15) is 0 Å². The average molecular weight is 433 g/mol. The van der Waals surface area contributed by atoms with E-state index in [2.05, 4.69) is 9.97 Å². The zero-order chi connectivity index (χ0) is 21.3. The highest BCUT2D eigenvalue weighted by molar-refractivity contribution is 7.99. The number of H-pyrrole nitrogens is 1. The van der Waals surface area contributed by atoms with E-state index >= 15 is 0 Å². The number of rotatable bonds is 18. The van der Waals surface area contributed by atoms with Crippen molar-refractivity contribution in [2.45, 2.75) is 82.2 Å². The number of aromatic nitrogens is 2. The van der Waals surface area contributed by atoms with Crippen molar-refractivity contribution in [3.63, 3.8) is 0 Å². The minimum absolute atomic E-state index is 0.294. The summed E-state index contributed by atoms with van der Waals surface area (Å²) >= 11 is 1.82. The molecule has 0 saturated heterocycles. The molecule has 6 heteroatoms. The number of imidazole rings is 1. The molecule has 2 aromatic rings. The second kappa shape index (κ2) is 15.8. The van der Waals surface area contributed by atoms with Gasteiger partial charge in [0.2, 0.25) is 0 Å². The third-order valence-corrected chi connectivity index (χ3v) is 6.11. The van der Waals surface area contributed by atoms with E-state index < -0.39 is 5.97 Å². The zero-order valence-corrected chi connectivity index (χ0v) is 18.8. The van der Waals surface area contributed by atoms with Gasteiger partial charge in [0.25, 0.3) is 0 Å². The number of nitrogens with zero attached hydrogens (tertiary/aromatic N) is 1. The Labute approximate surface area is 185 Å². The van der Waals surface area contributed by atoms with Crippen LogP contribution in [0.1, 0.15) is 87.4 Å². The number of hydrogen-bond acceptors (Lipinski definition) is 4. The van der Waals surface area contributed by atoms with Crippen LogP contribution in [-0.4, -0.2) is 33.4 Å². The zero-order valence-electron chi connectivity index (χ0n) is 18.0. The predicted molar refractivity (Wildman–Crippen MR) is 124 cm³/mol. The van der Waals surface area contributed by atoms with Crippen LogP contribution in [0.25, 0.3) is 0 Å². The average Bonchev–Trinajstić information content (AvgIpc) is 3.27. The van der Waals surface area contributed by atoms with Gasteiger partial charge in [0.05, 0.1) is 12.2 Å². The Morgan fingerprint density at radius 2 is 1.43 bits per heavy atom. The molecule has 0 aliphatic heterocycles. The van der Waals surface area contributed by atoms with Crippen molar-refractivity contribution in [1.82, 2.24) is 9.97 Å². The molecule has 0 saturated carbocycles. The van der Waals surface area contributed by atoms with E-state index in [-0.39, 0.29) is 0 Å². The summed E-state index contributed by atoms with van der Waals surface area (Å²) in [7, 11) is 0. The molecule has 2 N–H and O–H groups in total. The van der Waals surface area contributed by atoms with Crippen LogP contribution in [0.5, 0.6) is 5.75 Å². The van der Waals surface area contributed by atoms with Crippen molar-refractivity contribution in [2.75, 3.05) is 12.4 Å². The largest absolute Gasteiger partial charge is 0.494 e. The number of carboxylic acids is 1. The standard InChI is InChI=1S/C24H36N2O3S/c27-23(28)21-13-15-22(16-14-21)29-19-11-9-7-5-3-1-2-4-6-8-10-12-20-30-24-25-17-18-26-24/h13-18H,1-12,19-20H2,(H,25,26)(H,27,28). The Bertz CT molecular complexity index is 674. The van der Waals surface area contributed by atoms with Crippen molar-refractivity contribution < 1.29 is 14.6 Å². The highest BCUT2D eigenvalue weighted by atomic mass is 32.2. The van der Waals surface area contributed by atoms with Gasteiger partial charge in [0, 0.05) is 18.1 Å². The minimum Gasteiger partial charge on any atom is -0.494 e. The summed E-state index contributed by atoms with van der Waals surface area (Å²) < 4.78 is 5.67. The van der Waals surface area contributed by atoms with Crippen LogP contribution in [0.15, 0.2) is 41.8 Å². The molecule has 1 aromatic heterocycles. The highest BCUT2D eigenvalue weighted by Crippen LogP contribution is 2.17. The topological polar surface area (TPSA) is 75.2 Å². The van der Waals surface area contributed by atoms with Crippen LogP contribution < -0.4 is 4.74 Å². The summed E-state index contributed by atoms with van der Waals surface area (Å²) in [6.45, 7) is 0.701. The molecular formula is C24H36N2O3S. The summed E-state index contributed by atoms with van der Waals surface area (Å²) in [5.41, 5.74) is 0.294. The number of hydrogen-bond donors (Lipinski definition) is 2. The first kappa shape index (κ1) is 24.3. The third-order valence-electron chi connectivity index (χ3n) is 5.12. The van der Waals surface area contributed by atoms with Crippen molar-refractivity contribution in [1.29, 1.82) is 0 Å². The monoisotopic (exact) mass is 432 g/mol. The molecule has 166 valence electrons. The molecule has 0 aliphatic rings. The number of benzene rings is 1. The van der Waals surface area contributed by atoms with E-state index in [4.69, 9.17) is 9.84 Å². The van der Waals surface area contributed by atoms with Crippen molar-refractivity contribution in [3.8, 4) is 5.75 Å². The summed E-state index contributed by atoms with van der Waals surface area (Å²) in [6.07, 6.45) is 19.3. The molecule has 30 heavy (non-hydrogen) atoms. The lowest BCUT2D eigenvalue weighted by molar-refractivity contribution is 0.0697. The van der Waals surface area contributed by atoms with E-state index in [1.807, 2.05) is 24.2 Å². The molecule has 0 unspecified atom stereocenters. The molecule has 0 bridgehead atoms. The maximum absolute atomic E-state index is 10.8. The van der Waals surface area contributed by atoms with Gasteiger partial charge in [-0.15, -0.1) is 0 Å². The number of nitrogens with one attached hydrogen (secondary N) is 1. The SMILES string of the molecule is O=C(O)c1ccc(OCCCCCCCCCCCCCCSc2ncc[nH]2)cc1. The molecule has 0 amide bonds. The highest BCUT2D eigenvalue weighted by Gasteiger charge is 2.02.